The number of fused-ring (bicyclic) bond motifs is 2. The Labute approximate surface area is 145 Å². The van der Waals surface area contributed by atoms with Crippen LogP contribution < -0.4 is 4.74 Å². The van der Waals surface area contributed by atoms with Gasteiger partial charge in [-0.15, -0.1) is 0 Å². The molecule has 0 radical (unpaired) electrons. The number of aromatic nitrogens is 4. The van der Waals surface area contributed by atoms with E-state index in [-0.39, 0.29) is 6.10 Å². The zero-order chi connectivity index (χ0) is 16.8. The molecular weight excluding hydrogens is 312 g/mol. The Kier molecular flexibility index (Phi) is 3.20. The molecule has 25 heavy (non-hydrogen) atoms. The summed E-state index contributed by atoms with van der Waals surface area (Å²) in [5.74, 6) is 1.53. The van der Waals surface area contributed by atoms with Crippen LogP contribution in [-0.2, 0) is 0 Å². The maximum Gasteiger partial charge on any atom is 0.319 e. The largest absolute Gasteiger partial charge is 0.460 e. The highest BCUT2D eigenvalue weighted by molar-refractivity contribution is 5.88. The van der Waals surface area contributed by atoms with E-state index >= 15 is 0 Å². The number of hydrogen-bond acceptors (Lipinski definition) is 4. The van der Waals surface area contributed by atoms with Crippen LogP contribution in [0.4, 0.5) is 0 Å². The normalized spacial score (nSPS) is 19.9. The smallest absolute Gasteiger partial charge is 0.319 e. The van der Waals surface area contributed by atoms with Gasteiger partial charge in [0.05, 0.1) is 16.6 Å². The third-order valence-corrected chi connectivity index (χ3v) is 4.85. The number of benzene rings is 2. The number of rotatable bonds is 3. The van der Waals surface area contributed by atoms with E-state index < -0.39 is 0 Å². The highest BCUT2D eigenvalue weighted by atomic mass is 16.5. The second-order valence-corrected chi connectivity index (χ2v) is 6.77. The molecule has 0 N–H and O–H groups in total. The minimum Gasteiger partial charge on any atom is -0.460 e. The van der Waals surface area contributed by atoms with Gasteiger partial charge in [-0.3, -0.25) is 4.57 Å². The molecule has 1 fully saturated rings. The average molecular weight is 330 g/mol. The molecule has 1 aliphatic carbocycles. The second kappa shape index (κ2) is 5.55. The molecule has 1 aliphatic rings. The van der Waals surface area contributed by atoms with Crippen molar-refractivity contribution in [1.29, 1.82) is 0 Å². The minimum atomic E-state index is 0.226. The first kappa shape index (κ1) is 14.4. The quantitative estimate of drug-likeness (QED) is 0.566. The molecule has 5 rings (SSSR count). The molecule has 5 nitrogen and oxygen atoms in total. The van der Waals surface area contributed by atoms with Crippen LogP contribution in [0.1, 0.15) is 19.8 Å². The van der Waals surface area contributed by atoms with Crippen LogP contribution in [0.5, 0.6) is 6.01 Å². The second-order valence-electron chi connectivity index (χ2n) is 6.77. The maximum atomic E-state index is 6.02. The lowest BCUT2D eigenvalue weighted by molar-refractivity contribution is 0.0652. The summed E-state index contributed by atoms with van der Waals surface area (Å²) in [6, 6.07) is 16.5. The van der Waals surface area contributed by atoms with Crippen molar-refractivity contribution in [2.45, 2.75) is 25.9 Å². The molecule has 2 aromatic carbocycles. The molecule has 2 heterocycles. The van der Waals surface area contributed by atoms with E-state index in [0.29, 0.717) is 6.01 Å². The molecule has 1 saturated carbocycles. The molecule has 0 aliphatic heterocycles. The molecule has 0 saturated heterocycles. The van der Waals surface area contributed by atoms with E-state index in [1.54, 1.807) is 0 Å². The van der Waals surface area contributed by atoms with Crippen molar-refractivity contribution in [3.63, 3.8) is 0 Å². The van der Waals surface area contributed by atoms with Crippen molar-refractivity contribution in [2.24, 2.45) is 5.92 Å². The SMILES string of the molecule is CC1CC(Oc2nc(-n3cnc4ccccc43)c3ccccc3n2)C1. The molecule has 0 amide bonds. The fourth-order valence-corrected chi connectivity index (χ4v) is 3.48. The third-order valence-electron chi connectivity index (χ3n) is 4.85. The van der Waals surface area contributed by atoms with Gasteiger partial charge in [0.2, 0.25) is 0 Å². The van der Waals surface area contributed by atoms with Crippen LogP contribution in [0.25, 0.3) is 27.8 Å². The zero-order valence-corrected chi connectivity index (χ0v) is 14.0. The summed E-state index contributed by atoms with van der Waals surface area (Å²) in [5, 5.41) is 0.986. The molecule has 0 bridgehead atoms. The number of imidazole rings is 1. The first-order valence-electron chi connectivity index (χ1n) is 8.64. The highest BCUT2D eigenvalue weighted by Crippen LogP contribution is 2.31. The van der Waals surface area contributed by atoms with E-state index in [4.69, 9.17) is 9.72 Å². The van der Waals surface area contributed by atoms with Gasteiger partial charge in [-0.05, 0) is 43.0 Å². The Morgan fingerprint density at radius 1 is 0.960 bits per heavy atom. The third kappa shape index (κ3) is 2.43. The molecule has 0 atom stereocenters. The van der Waals surface area contributed by atoms with Crippen molar-refractivity contribution >= 4 is 21.9 Å². The van der Waals surface area contributed by atoms with Crippen molar-refractivity contribution in [3.8, 4) is 11.8 Å². The summed E-state index contributed by atoms with van der Waals surface area (Å²) < 4.78 is 8.03. The number of para-hydroxylation sites is 3. The van der Waals surface area contributed by atoms with E-state index in [0.717, 1.165) is 46.5 Å². The molecule has 124 valence electrons. The Morgan fingerprint density at radius 2 is 1.72 bits per heavy atom. The average Bonchev–Trinajstić information content (AvgIpc) is 3.04. The van der Waals surface area contributed by atoms with Gasteiger partial charge >= 0.3 is 6.01 Å². The molecule has 0 spiro atoms. The van der Waals surface area contributed by atoms with Gasteiger partial charge < -0.3 is 4.74 Å². The van der Waals surface area contributed by atoms with Gasteiger partial charge in [0.1, 0.15) is 12.4 Å². The summed E-state index contributed by atoms with van der Waals surface area (Å²) in [4.78, 5) is 13.8. The van der Waals surface area contributed by atoms with E-state index in [9.17, 15) is 0 Å². The highest BCUT2D eigenvalue weighted by Gasteiger charge is 2.28. The number of hydrogen-bond donors (Lipinski definition) is 0. The summed E-state index contributed by atoms with van der Waals surface area (Å²) in [7, 11) is 0. The van der Waals surface area contributed by atoms with E-state index in [1.807, 2.05) is 59.4 Å². The van der Waals surface area contributed by atoms with Crippen molar-refractivity contribution in [3.05, 3.63) is 54.9 Å². The Balaban J connectivity index is 1.67. The van der Waals surface area contributed by atoms with Crippen LogP contribution in [0.2, 0.25) is 0 Å². The van der Waals surface area contributed by atoms with Crippen LogP contribution in [0.15, 0.2) is 54.9 Å². The van der Waals surface area contributed by atoms with Crippen LogP contribution in [0, 0.1) is 5.92 Å². The molecular formula is C20H18N4O. The van der Waals surface area contributed by atoms with Gasteiger partial charge in [0.25, 0.3) is 0 Å². The Bertz CT molecular complexity index is 1070. The van der Waals surface area contributed by atoms with Crippen molar-refractivity contribution in [1.82, 2.24) is 19.5 Å². The molecule has 4 aromatic rings. The molecule has 5 heteroatoms. The van der Waals surface area contributed by atoms with E-state index in [2.05, 4.69) is 16.9 Å². The molecule has 0 unspecified atom stereocenters. The number of nitrogens with zero attached hydrogens (tertiary/aromatic N) is 4. The lowest BCUT2D eigenvalue weighted by atomic mass is 9.84. The fraction of sp³-hybridized carbons (Fsp3) is 0.250. The van der Waals surface area contributed by atoms with Crippen LogP contribution in [0.3, 0.4) is 0 Å². The predicted octanol–water partition coefficient (Wildman–Crippen LogP) is 4.15. The predicted molar refractivity (Wildman–Crippen MR) is 97.0 cm³/mol. The lowest BCUT2D eigenvalue weighted by Gasteiger charge is -2.31. The monoisotopic (exact) mass is 330 g/mol. The van der Waals surface area contributed by atoms with Crippen molar-refractivity contribution in [2.75, 3.05) is 0 Å². The fourth-order valence-electron chi connectivity index (χ4n) is 3.48. The standard InChI is InChI=1S/C20H18N4O/c1-13-10-14(11-13)25-20-22-16-7-3-2-6-15(16)19(23-20)24-12-21-17-8-4-5-9-18(17)24/h2-9,12-14H,10-11H2,1H3. The van der Waals surface area contributed by atoms with Gasteiger partial charge in [0, 0.05) is 5.39 Å². The van der Waals surface area contributed by atoms with E-state index in [1.165, 1.54) is 0 Å². The Morgan fingerprint density at radius 3 is 2.56 bits per heavy atom. The minimum absolute atomic E-state index is 0.226. The lowest BCUT2D eigenvalue weighted by Crippen LogP contribution is -2.32. The maximum absolute atomic E-state index is 6.02. The number of ether oxygens (including phenoxy) is 1. The molecule has 2 aromatic heterocycles. The zero-order valence-electron chi connectivity index (χ0n) is 14.0. The summed E-state index contributed by atoms with van der Waals surface area (Å²) in [5.41, 5.74) is 2.85. The van der Waals surface area contributed by atoms with Gasteiger partial charge in [-0.1, -0.05) is 31.2 Å². The van der Waals surface area contributed by atoms with Crippen molar-refractivity contribution < 1.29 is 4.74 Å². The first-order valence-corrected chi connectivity index (χ1v) is 8.64. The topological polar surface area (TPSA) is 52.8 Å². The summed E-state index contributed by atoms with van der Waals surface area (Å²) in [6.45, 7) is 2.24. The summed E-state index contributed by atoms with van der Waals surface area (Å²) in [6.07, 6.45) is 4.18. The van der Waals surface area contributed by atoms with Crippen LogP contribution >= 0.6 is 0 Å². The van der Waals surface area contributed by atoms with Gasteiger partial charge in [-0.25, -0.2) is 4.98 Å². The summed E-state index contributed by atoms with van der Waals surface area (Å²) >= 11 is 0. The Hall–Kier alpha value is -2.95. The van der Waals surface area contributed by atoms with Gasteiger partial charge in [-0.2, -0.15) is 9.97 Å². The first-order chi connectivity index (χ1) is 12.3. The van der Waals surface area contributed by atoms with Crippen LogP contribution in [-0.4, -0.2) is 25.6 Å². The van der Waals surface area contributed by atoms with Gasteiger partial charge in [0.15, 0.2) is 5.82 Å².